The molecule has 1 aromatic heterocycles. The summed E-state index contributed by atoms with van der Waals surface area (Å²) in [4.78, 5) is 2.45. The summed E-state index contributed by atoms with van der Waals surface area (Å²) in [5, 5.41) is 4.37. The van der Waals surface area contributed by atoms with Gasteiger partial charge in [0.25, 0.3) is 0 Å². The zero-order valence-electron chi connectivity index (χ0n) is 11.4. The fourth-order valence-electron chi connectivity index (χ4n) is 2.37. The highest BCUT2D eigenvalue weighted by Crippen LogP contribution is 2.26. The fraction of sp³-hybridized carbons (Fsp3) is 0.714. The molecule has 0 radical (unpaired) electrons. The Hall–Kier alpha value is -0.380. The van der Waals surface area contributed by atoms with Crippen molar-refractivity contribution in [2.24, 2.45) is 5.73 Å². The summed E-state index contributed by atoms with van der Waals surface area (Å²) in [5.41, 5.74) is 7.63. The Morgan fingerprint density at radius 3 is 2.65 bits per heavy atom. The van der Waals surface area contributed by atoms with Crippen molar-refractivity contribution in [2.75, 3.05) is 13.6 Å². The highest BCUT2D eigenvalue weighted by atomic mass is 32.1. The number of nitrogens with zero attached hydrogens (tertiary/aromatic N) is 1. The molecular weight excluding hydrogens is 228 g/mol. The number of thiophene rings is 1. The van der Waals surface area contributed by atoms with E-state index in [1.54, 1.807) is 11.3 Å². The summed E-state index contributed by atoms with van der Waals surface area (Å²) in [6, 6.07) is 2.21. The van der Waals surface area contributed by atoms with Crippen LogP contribution in [0, 0.1) is 0 Å². The second-order valence-electron chi connectivity index (χ2n) is 4.87. The number of nitrogens with two attached hydrogens (primary N) is 1. The second kappa shape index (κ2) is 7.14. The lowest BCUT2D eigenvalue weighted by Gasteiger charge is -2.41. The third kappa shape index (κ3) is 3.80. The molecule has 0 spiro atoms. The van der Waals surface area contributed by atoms with Gasteiger partial charge in [0, 0.05) is 18.6 Å². The molecule has 17 heavy (non-hydrogen) atoms. The van der Waals surface area contributed by atoms with Gasteiger partial charge in [0.15, 0.2) is 0 Å². The maximum Gasteiger partial charge on any atom is 0.0329 e. The zero-order valence-corrected chi connectivity index (χ0v) is 12.2. The third-order valence-corrected chi connectivity index (χ3v) is 4.58. The van der Waals surface area contributed by atoms with Gasteiger partial charge in [0.1, 0.15) is 0 Å². The number of rotatable bonds is 8. The van der Waals surface area contributed by atoms with E-state index >= 15 is 0 Å². The van der Waals surface area contributed by atoms with E-state index in [1.165, 1.54) is 24.8 Å². The van der Waals surface area contributed by atoms with Crippen LogP contribution in [-0.4, -0.2) is 24.0 Å². The number of hydrogen-bond donors (Lipinski definition) is 1. The summed E-state index contributed by atoms with van der Waals surface area (Å²) in [6.45, 7) is 6.27. The van der Waals surface area contributed by atoms with Gasteiger partial charge in [-0.3, -0.25) is 4.90 Å². The Kier molecular flexibility index (Phi) is 6.17. The minimum atomic E-state index is 0.179. The molecule has 1 heterocycles. The molecule has 0 saturated carbocycles. The molecule has 2 nitrogen and oxygen atoms in total. The van der Waals surface area contributed by atoms with Crippen LogP contribution in [0.3, 0.4) is 0 Å². The van der Waals surface area contributed by atoms with Crippen LogP contribution in [0.25, 0.3) is 0 Å². The van der Waals surface area contributed by atoms with Gasteiger partial charge in [-0.05, 0) is 42.3 Å². The lowest BCUT2D eigenvalue weighted by atomic mass is 9.88. The largest absolute Gasteiger partial charge is 0.329 e. The van der Waals surface area contributed by atoms with Crippen LogP contribution in [0.5, 0.6) is 0 Å². The fourth-order valence-corrected chi connectivity index (χ4v) is 3.03. The number of hydrogen-bond acceptors (Lipinski definition) is 3. The molecule has 3 heteroatoms. The Morgan fingerprint density at radius 1 is 1.41 bits per heavy atom. The molecule has 1 aromatic rings. The van der Waals surface area contributed by atoms with Crippen molar-refractivity contribution >= 4 is 11.3 Å². The normalized spacial score (nSPS) is 15.1. The lowest BCUT2D eigenvalue weighted by molar-refractivity contribution is 0.100. The molecule has 0 bridgehead atoms. The van der Waals surface area contributed by atoms with Crippen molar-refractivity contribution < 1.29 is 0 Å². The molecule has 0 fully saturated rings. The Balaban J connectivity index is 2.68. The summed E-state index contributed by atoms with van der Waals surface area (Å²) in [5.74, 6) is 0. The van der Waals surface area contributed by atoms with Gasteiger partial charge in [-0.15, -0.1) is 0 Å². The number of likely N-dealkylation sites (N-methyl/N-ethyl adjacent to an activating group) is 1. The molecule has 98 valence electrons. The zero-order chi connectivity index (χ0) is 12.7. The molecule has 0 saturated heterocycles. The first-order valence-corrected chi connectivity index (χ1v) is 7.55. The van der Waals surface area contributed by atoms with E-state index in [9.17, 15) is 0 Å². The number of unbranched alkanes of at least 4 members (excludes halogenated alkanes) is 1. The Labute approximate surface area is 110 Å². The van der Waals surface area contributed by atoms with Crippen LogP contribution < -0.4 is 5.73 Å². The third-order valence-electron chi connectivity index (χ3n) is 3.84. The maximum atomic E-state index is 6.05. The van der Waals surface area contributed by atoms with Gasteiger partial charge in [0.05, 0.1) is 0 Å². The second-order valence-corrected chi connectivity index (χ2v) is 5.65. The summed E-state index contributed by atoms with van der Waals surface area (Å²) in [7, 11) is 2.21. The molecular formula is C14H26N2S. The van der Waals surface area contributed by atoms with E-state index in [0.29, 0.717) is 0 Å². The molecule has 1 atom stereocenters. The van der Waals surface area contributed by atoms with Crippen LogP contribution in [0.15, 0.2) is 16.8 Å². The van der Waals surface area contributed by atoms with E-state index < -0.39 is 0 Å². The minimum Gasteiger partial charge on any atom is -0.329 e. The summed E-state index contributed by atoms with van der Waals surface area (Å²) in [6.07, 6.45) is 4.84. The quantitative estimate of drug-likeness (QED) is 0.769. The Morgan fingerprint density at radius 2 is 2.18 bits per heavy atom. The van der Waals surface area contributed by atoms with Crippen molar-refractivity contribution in [2.45, 2.75) is 51.6 Å². The van der Waals surface area contributed by atoms with Crippen LogP contribution in [0.1, 0.15) is 45.1 Å². The van der Waals surface area contributed by atoms with Gasteiger partial charge in [-0.2, -0.15) is 11.3 Å². The smallest absolute Gasteiger partial charge is 0.0329 e. The molecule has 0 aromatic carbocycles. The first-order valence-electron chi connectivity index (χ1n) is 6.61. The lowest BCUT2D eigenvalue weighted by Crippen LogP contribution is -2.51. The average molecular weight is 254 g/mol. The van der Waals surface area contributed by atoms with E-state index in [2.05, 4.69) is 42.6 Å². The monoisotopic (exact) mass is 254 g/mol. The SMILES string of the molecule is CCCCC(CC)(CN)N(C)Cc1ccsc1. The predicted molar refractivity (Wildman–Crippen MR) is 77.4 cm³/mol. The molecule has 0 amide bonds. The maximum absolute atomic E-state index is 6.05. The Bertz CT molecular complexity index is 291. The molecule has 1 unspecified atom stereocenters. The molecule has 0 aliphatic heterocycles. The van der Waals surface area contributed by atoms with Gasteiger partial charge in [0.2, 0.25) is 0 Å². The van der Waals surface area contributed by atoms with Gasteiger partial charge < -0.3 is 5.73 Å². The van der Waals surface area contributed by atoms with Crippen LogP contribution in [0.2, 0.25) is 0 Å². The van der Waals surface area contributed by atoms with E-state index in [0.717, 1.165) is 19.5 Å². The first kappa shape index (κ1) is 14.7. The van der Waals surface area contributed by atoms with Crippen molar-refractivity contribution in [3.63, 3.8) is 0 Å². The summed E-state index contributed by atoms with van der Waals surface area (Å²) < 4.78 is 0. The van der Waals surface area contributed by atoms with Gasteiger partial charge in [-0.1, -0.05) is 26.7 Å². The van der Waals surface area contributed by atoms with Crippen molar-refractivity contribution in [3.05, 3.63) is 22.4 Å². The van der Waals surface area contributed by atoms with Crippen LogP contribution in [0.4, 0.5) is 0 Å². The topological polar surface area (TPSA) is 29.3 Å². The molecule has 1 rings (SSSR count). The predicted octanol–water partition coefficient (Wildman–Crippen LogP) is 3.48. The highest BCUT2D eigenvalue weighted by molar-refractivity contribution is 7.07. The van der Waals surface area contributed by atoms with Crippen LogP contribution >= 0.6 is 11.3 Å². The summed E-state index contributed by atoms with van der Waals surface area (Å²) >= 11 is 1.77. The van der Waals surface area contributed by atoms with E-state index in [4.69, 9.17) is 5.73 Å². The average Bonchev–Trinajstić information content (AvgIpc) is 2.84. The standard InChI is InChI=1S/C14H26N2S/c1-4-6-8-14(5-2,12-15)16(3)10-13-7-9-17-11-13/h7,9,11H,4-6,8,10,12,15H2,1-3H3. The van der Waals surface area contributed by atoms with E-state index in [1.807, 2.05) is 0 Å². The van der Waals surface area contributed by atoms with E-state index in [-0.39, 0.29) is 5.54 Å². The first-order chi connectivity index (χ1) is 8.18. The van der Waals surface area contributed by atoms with Gasteiger partial charge in [-0.25, -0.2) is 0 Å². The van der Waals surface area contributed by atoms with Crippen molar-refractivity contribution in [1.82, 2.24) is 4.90 Å². The molecule has 0 aliphatic carbocycles. The van der Waals surface area contributed by atoms with Crippen molar-refractivity contribution in [1.29, 1.82) is 0 Å². The van der Waals surface area contributed by atoms with Gasteiger partial charge >= 0.3 is 0 Å². The highest BCUT2D eigenvalue weighted by Gasteiger charge is 2.30. The minimum absolute atomic E-state index is 0.179. The molecule has 2 N–H and O–H groups in total. The van der Waals surface area contributed by atoms with Crippen molar-refractivity contribution in [3.8, 4) is 0 Å². The molecule has 0 aliphatic rings. The van der Waals surface area contributed by atoms with Crippen LogP contribution in [-0.2, 0) is 6.54 Å².